The minimum atomic E-state index is -2.52. The van der Waals surface area contributed by atoms with E-state index in [0.29, 0.717) is 12.8 Å². The lowest BCUT2D eigenvalue weighted by Gasteiger charge is -2.24. The summed E-state index contributed by atoms with van der Waals surface area (Å²) in [5, 5.41) is 0. The van der Waals surface area contributed by atoms with Gasteiger partial charge in [-0.05, 0) is 19.3 Å². The van der Waals surface area contributed by atoms with E-state index in [1.807, 2.05) is 0 Å². The van der Waals surface area contributed by atoms with Gasteiger partial charge in [-0.25, -0.2) is 22.0 Å². The summed E-state index contributed by atoms with van der Waals surface area (Å²) >= 11 is 0. The second-order valence-electron chi connectivity index (χ2n) is 6.32. The Balaban J connectivity index is 2.26. The minimum Gasteiger partial charge on any atom is -0.377 e. The molecule has 0 saturated carbocycles. The van der Waals surface area contributed by atoms with E-state index in [-0.39, 0.29) is 6.42 Å². The highest BCUT2D eigenvalue weighted by molar-refractivity contribution is 6.60. The molecule has 0 aliphatic heterocycles. The second-order valence-corrected chi connectivity index (χ2v) is 9.41. The van der Waals surface area contributed by atoms with Crippen LogP contribution in [-0.2, 0) is 19.7 Å². The Bertz CT molecular complexity index is 560. The maximum Gasteiger partial charge on any atom is 0.500 e. The van der Waals surface area contributed by atoms with Crippen LogP contribution >= 0.6 is 0 Å². The Morgan fingerprint density at radius 1 is 0.556 bits per heavy atom. The molecule has 156 valence electrons. The van der Waals surface area contributed by atoms with Gasteiger partial charge in [-0.3, -0.25) is 0 Å². The maximum absolute atomic E-state index is 13.6. The second kappa shape index (κ2) is 11.7. The minimum absolute atomic E-state index is 0.171. The van der Waals surface area contributed by atoms with Crippen molar-refractivity contribution in [2.75, 3.05) is 21.3 Å². The monoisotopic (exact) mass is 414 g/mol. The molecule has 0 aromatic heterocycles. The van der Waals surface area contributed by atoms with Crippen molar-refractivity contribution in [2.24, 2.45) is 0 Å². The van der Waals surface area contributed by atoms with Gasteiger partial charge in [0.05, 0.1) is 0 Å². The van der Waals surface area contributed by atoms with Crippen LogP contribution in [-0.4, -0.2) is 30.1 Å². The summed E-state index contributed by atoms with van der Waals surface area (Å²) < 4.78 is 82.4. The average Bonchev–Trinajstić information content (AvgIpc) is 2.69. The van der Waals surface area contributed by atoms with Gasteiger partial charge >= 0.3 is 8.80 Å². The van der Waals surface area contributed by atoms with Crippen molar-refractivity contribution in [3.63, 3.8) is 0 Å². The Labute approximate surface area is 158 Å². The smallest absolute Gasteiger partial charge is 0.377 e. The average molecular weight is 414 g/mol. The van der Waals surface area contributed by atoms with Crippen molar-refractivity contribution in [3.8, 4) is 0 Å². The molecule has 0 spiro atoms. The fourth-order valence-electron chi connectivity index (χ4n) is 2.95. The molecule has 0 aliphatic carbocycles. The van der Waals surface area contributed by atoms with Crippen LogP contribution in [0.1, 0.15) is 50.5 Å². The molecular weight excluding hydrogens is 387 g/mol. The van der Waals surface area contributed by atoms with E-state index in [9.17, 15) is 22.0 Å². The summed E-state index contributed by atoms with van der Waals surface area (Å²) in [5.74, 6) is -9.34. The van der Waals surface area contributed by atoms with Gasteiger partial charge in [0.25, 0.3) is 0 Å². The molecule has 9 heteroatoms. The van der Waals surface area contributed by atoms with Crippen LogP contribution in [0, 0.1) is 29.1 Å². The highest BCUT2D eigenvalue weighted by atomic mass is 28.4. The summed E-state index contributed by atoms with van der Waals surface area (Å²) in [6.45, 7) is 0. The third-order valence-corrected chi connectivity index (χ3v) is 7.48. The van der Waals surface area contributed by atoms with Gasteiger partial charge in [0.1, 0.15) is 0 Å². The van der Waals surface area contributed by atoms with Crippen LogP contribution in [0.2, 0.25) is 6.04 Å². The van der Waals surface area contributed by atoms with E-state index in [4.69, 9.17) is 13.3 Å². The molecule has 3 nitrogen and oxygen atoms in total. The quantitative estimate of drug-likeness (QED) is 0.140. The third-order valence-electron chi connectivity index (χ3n) is 4.64. The molecule has 27 heavy (non-hydrogen) atoms. The van der Waals surface area contributed by atoms with E-state index in [2.05, 4.69) is 0 Å². The van der Waals surface area contributed by atoms with Gasteiger partial charge in [0, 0.05) is 32.9 Å². The predicted octanol–water partition coefficient (Wildman–Crippen LogP) is 5.53. The van der Waals surface area contributed by atoms with Gasteiger partial charge in [-0.1, -0.05) is 32.1 Å². The first kappa shape index (κ1) is 24.0. The molecule has 0 saturated heterocycles. The number of halogens is 5. The zero-order valence-electron chi connectivity index (χ0n) is 16.0. The lowest BCUT2D eigenvalue weighted by Crippen LogP contribution is -2.42. The molecule has 1 rings (SSSR count). The van der Waals surface area contributed by atoms with Gasteiger partial charge in [-0.2, -0.15) is 0 Å². The predicted molar refractivity (Wildman–Crippen MR) is 93.8 cm³/mol. The van der Waals surface area contributed by atoms with Crippen LogP contribution in [0.15, 0.2) is 0 Å². The number of rotatable bonds is 13. The van der Waals surface area contributed by atoms with Gasteiger partial charge in [0.2, 0.25) is 5.82 Å². The number of hydrogen-bond acceptors (Lipinski definition) is 3. The number of unbranched alkanes of at least 4 members (excludes halogenated alkanes) is 6. The SMILES string of the molecule is CO[Si](CCCCCCCCCc1c(F)c(F)c(F)c(F)c1F)(OC)OC. The molecule has 0 atom stereocenters. The lowest BCUT2D eigenvalue weighted by atomic mass is 10.0. The van der Waals surface area contributed by atoms with E-state index < -0.39 is 43.5 Å². The van der Waals surface area contributed by atoms with E-state index in [1.165, 1.54) is 0 Å². The number of benzene rings is 1. The Morgan fingerprint density at radius 3 is 1.37 bits per heavy atom. The fraction of sp³-hybridized carbons (Fsp3) is 0.667. The molecule has 0 bridgehead atoms. The molecule has 0 radical (unpaired) electrons. The van der Waals surface area contributed by atoms with E-state index in [1.54, 1.807) is 21.3 Å². The zero-order chi connectivity index (χ0) is 20.4. The zero-order valence-corrected chi connectivity index (χ0v) is 17.0. The normalized spacial score (nSPS) is 12.0. The van der Waals surface area contributed by atoms with Crippen LogP contribution in [0.4, 0.5) is 22.0 Å². The van der Waals surface area contributed by atoms with Crippen LogP contribution in [0.3, 0.4) is 0 Å². The Kier molecular flexibility index (Phi) is 10.4. The fourth-order valence-corrected chi connectivity index (χ4v) is 4.75. The first-order valence-corrected chi connectivity index (χ1v) is 10.9. The maximum atomic E-state index is 13.6. The third kappa shape index (κ3) is 6.51. The van der Waals surface area contributed by atoms with Gasteiger partial charge in [-0.15, -0.1) is 0 Å². The molecule has 0 unspecified atom stereocenters. The van der Waals surface area contributed by atoms with Crippen LogP contribution in [0.5, 0.6) is 0 Å². The van der Waals surface area contributed by atoms with Crippen molar-refractivity contribution in [2.45, 2.75) is 57.4 Å². The van der Waals surface area contributed by atoms with E-state index >= 15 is 0 Å². The highest BCUT2D eigenvalue weighted by Gasteiger charge is 2.36. The summed E-state index contributed by atoms with van der Waals surface area (Å²) in [4.78, 5) is 0. The van der Waals surface area contributed by atoms with Gasteiger partial charge in [0.15, 0.2) is 23.3 Å². The molecular formula is C18H27F5O3Si. The standard InChI is InChI=1S/C18H27F5O3Si/c1-24-27(25-2,26-3)12-10-8-6-4-5-7-9-11-13-14(19)16(21)18(23)17(22)15(13)20/h4-12H2,1-3H3. The molecule has 1 aromatic carbocycles. The van der Waals surface area contributed by atoms with Crippen LogP contribution < -0.4 is 0 Å². The molecule has 1 aromatic rings. The molecule has 0 N–H and O–H groups in total. The summed E-state index contributed by atoms with van der Waals surface area (Å²) in [5.41, 5.74) is -0.730. The summed E-state index contributed by atoms with van der Waals surface area (Å²) in [7, 11) is 2.20. The lowest BCUT2D eigenvalue weighted by molar-refractivity contribution is 0.122. The van der Waals surface area contributed by atoms with Crippen molar-refractivity contribution in [3.05, 3.63) is 34.6 Å². The molecule has 0 fully saturated rings. The van der Waals surface area contributed by atoms with Gasteiger partial charge < -0.3 is 13.3 Å². The van der Waals surface area contributed by atoms with E-state index in [0.717, 1.165) is 38.1 Å². The Morgan fingerprint density at radius 2 is 0.926 bits per heavy atom. The molecule has 0 aliphatic rings. The topological polar surface area (TPSA) is 27.7 Å². The van der Waals surface area contributed by atoms with Crippen LogP contribution in [0.25, 0.3) is 0 Å². The van der Waals surface area contributed by atoms with Crippen molar-refractivity contribution < 1.29 is 35.2 Å². The highest BCUT2D eigenvalue weighted by Crippen LogP contribution is 2.25. The summed E-state index contributed by atoms with van der Waals surface area (Å²) in [6, 6.07) is 0.733. The largest absolute Gasteiger partial charge is 0.500 e. The molecule has 0 heterocycles. The Hall–Kier alpha value is -1.03. The summed E-state index contributed by atoms with van der Waals surface area (Å²) in [6.07, 6.45) is 5.47. The van der Waals surface area contributed by atoms with Crippen molar-refractivity contribution in [1.29, 1.82) is 0 Å². The first-order chi connectivity index (χ1) is 12.8. The molecule has 0 amide bonds. The first-order valence-electron chi connectivity index (χ1n) is 8.99. The van der Waals surface area contributed by atoms with Crippen molar-refractivity contribution in [1.82, 2.24) is 0 Å². The number of hydrogen-bond donors (Lipinski definition) is 0. The van der Waals surface area contributed by atoms with Crippen molar-refractivity contribution >= 4 is 8.80 Å².